The summed E-state index contributed by atoms with van der Waals surface area (Å²) in [6, 6.07) is 9.76. The van der Waals surface area contributed by atoms with Crippen LogP contribution in [0.5, 0.6) is 0 Å². The van der Waals surface area contributed by atoms with Crippen molar-refractivity contribution in [3.63, 3.8) is 0 Å². The van der Waals surface area contributed by atoms with Crippen LogP contribution in [0.2, 0.25) is 0 Å². The van der Waals surface area contributed by atoms with Gasteiger partial charge in [-0.15, -0.1) is 0 Å². The number of carbonyl (C=O) groups is 1. The fraction of sp³-hybridized carbons (Fsp3) is 0.350. The van der Waals surface area contributed by atoms with E-state index in [0.717, 1.165) is 36.3 Å². The lowest BCUT2D eigenvalue weighted by Crippen LogP contribution is -2.17. The van der Waals surface area contributed by atoms with Crippen LogP contribution in [0.3, 0.4) is 0 Å². The second-order valence-corrected chi connectivity index (χ2v) is 7.17. The fourth-order valence-corrected chi connectivity index (χ4v) is 3.19. The third-order valence-corrected chi connectivity index (χ3v) is 4.63. The average Bonchev–Trinajstić information content (AvgIpc) is 3.39. The largest absolute Gasteiger partial charge is 0.336 e. The van der Waals surface area contributed by atoms with Crippen molar-refractivity contribution < 1.29 is 9.32 Å². The summed E-state index contributed by atoms with van der Waals surface area (Å²) in [5.41, 5.74) is 4.51. The van der Waals surface area contributed by atoms with E-state index in [1.807, 2.05) is 51.4 Å². The van der Waals surface area contributed by atoms with E-state index >= 15 is 0 Å². The topological polar surface area (TPSA) is 71.3 Å². The lowest BCUT2D eigenvalue weighted by atomic mass is 10.1. The quantitative estimate of drug-likeness (QED) is 0.759. The summed E-state index contributed by atoms with van der Waals surface area (Å²) in [5, 5.41) is 7.76. The van der Waals surface area contributed by atoms with Gasteiger partial charge in [0.25, 0.3) is 11.6 Å². The molecular formula is C20H22N4O2. The van der Waals surface area contributed by atoms with Crippen LogP contribution in [0.1, 0.15) is 46.1 Å². The number of pyridine rings is 1. The number of nitrogens with zero attached hydrogens (tertiary/aromatic N) is 3. The Bertz CT molecular complexity index is 973. The first-order valence-corrected chi connectivity index (χ1v) is 8.84. The maximum atomic E-state index is 13.1. The van der Waals surface area contributed by atoms with Gasteiger partial charge < -0.3 is 14.7 Å². The lowest BCUT2D eigenvalue weighted by molar-refractivity contribution is 0.102. The summed E-state index contributed by atoms with van der Waals surface area (Å²) in [6.07, 6.45) is 2.22. The molecule has 0 aliphatic heterocycles. The summed E-state index contributed by atoms with van der Waals surface area (Å²) in [5.74, 6) is 0.272. The number of hydrogen-bond acceptors (Lipinski definition) is 5. The monoisotopic (exact) mass is 350 g/mol. The Kier molecular flexibility index (Phi) is 4.20. The van der Waals surface area contributed by atoms with Crippen molar-refractivity contribution in [2.24, 2.45) is 0 Å². The van der Waals surface area contributed by atoms with Crippen LogP contribution in [-0.2, 0) is 6.54 Å². The molecule has 1 aliphatic rings. The number of benzene rings is 1. The van der Waals surface area contributed by atoms with E-state index in [2.05, 4.69) is 20.4 Å². The van der Waals surface area contributed by atoms with Gasteiger partial charge in [-0.25, -0.2) is 4.98 Å². The molecule has 0 saturated heterocycles. The molecule has 1 amide bonds. The first kappa shape index (κ1) is 16.7. The van der Waals surface area contributed by atoms with Crippen molar-refractivity contribution in [3.05, 3.63) is 52.8 Å². The minimum Gasteiger partial charge on any atom is -0.336 e. The number of fused-ring (bicyclic) bond motifs is 1. The van der Waals surface area contributed by atoms with Gasteiger partial charge in [-0.3, -0.25) is 4.79 Å². The van der Waals surface area contributed by atoms with Crippen LogP contribution < -0.4 is 5.32 Å². The molecule has 1 aliphatic carbocycles. The van der Waals surface area contributed by atoms with Crippen molar-refractivity contribution in [1.82, 2.24) is 15.0 Å². The highest BCUT2D eigenvalue weighted by Crippen LogP contribution is 2.40. The number of rotatable bonds is 5. The van der Waals surface area contributed by atoms with E-state index in [-0.39, 0.29) is 5.91 Å². The lowest BCUT2D eigenvalue weighted by Gasteiger charge is -2.15. The molecule has 0 unspecified atom stereocenters. The maximum absolute atomic E-state index is 13.1. The minimum absolute atomic E-state index is 0.156. The number of carbonyl (C=O) groups excluding carboxylic acids is 1. The number of hydrogen-bond donors (Lipinski definition) is 1. The zero-order chi connectivity index (χ0) is 18.3. The Morgan fingerprint density at radius 3 is 2.81 bits per heavy atom. The summed E-state index contributed by atoms with van der Waals surface area (Å²) >= 11 is 0. The Morgan fingerprint density at radius 1 is 1.31 bits per heavy atom. The molecule has 0 radical (unpaired) electrons. The van der Waals surface area contributed by atoms with Crippen molar-refractivity contribution in [2.45, 2.75) is 32.2 Å². The van der Waals surface area contributed by atoms with Crippen molar-refractivity contribution in [3.8, 4) is 0 Å². The number of amides is 1. The van der Waals surface area contributed by atoms with E-state index in [1.165, 1.54) is 0 Å². The second-order valence-electron chi connectivity index (χ2n) is 7.17. The normalized spacial score (nSPS) is 14.2. The first-order chi connectivity index (χ1) is 12.5. The first-order valence-electron chi connectivity index (χ1n) is 8.84. The fourth-order valence-electron chi connectivity index (χ4n) is 3.19. The van der Waals surface area contributed by atoms with Gasteiger partial charge in [0, 0.05) is 23.8 Å². The Hall–Kier alpha value is -2.73. The number of nitrogens with one attached hydrogen (secondary N) is 1. The highest BCUT2D eigenvalue weighted by atomic mass is 16.5. The molecular weight excluding hydrogens is 328 g/mol. The van der Waals surface area contributed by atoms with Gasteiger partial charge in [0.05, 0.1) is 16.6 Å². The van der Waals surface area contributed by atoms with E-state index in [0.29, 0.717) is 28.3 Å². The molecule has 0 atom stereocenters. The molecule has 1 N–H and O–H groups in total. The van der Waals surface area contributed by atoms with Crippen LogP contribution in [0, 0.1) is 6.92 Å². The number of aromatic nitrogens is 2. The highest BCUT2D eigenvalue weighted by Gasteiger charge is 2.28. The van der Waals surface area contributed by atoms with Crippen molar-refractivity contribution in [1.29, 1.82) is 0 Å². The molecule has 6 nitrogen and oxygen atoms in total. The Morgan fingerprint density at radius 2 is 2.08 bits per heavy atom. The van der Waals surface area contributed by atoms with Crippen LogP contribution in [0.15, 0.2) is 34.9 Å². The third-order valence-electron chi connectivity index (χ3n) is 4.63. The Labute approximate surface area is 152 Å². The minimum atomic E-state index is -0.156. The van der Waals surface area contributed by atoms with Gasteiger partial charge in [-0.1, -0.05) is 23.4 Å². The molecule has 6 heteroatoms. The van der Waals surface area contributed by atoms with E-state index in [1.54, 1.807) is 0 Å². The molecule has 0 bridgehead atoms. The molecule has 2 aromatic heterocycles. The molecule has 1 saturated carbocycles. The van der Waals surface area contributed by atoms with Gasteiger partial charge in [0.15, 0.2) is 0 Å². The summed E-state index contributed by atoms with van der Waals surface area (Å²) in [7, 11) is 4.01. The van der Waals surface area contributed by atoms with E-state index < -0.39 is 0 Å². The van der Waals surface area contributed by atoms with Crippen LogP contribution in [0.25, 0.3) is 11.1 Å². The molecule has 26 heavy (non-hydrogen) atoms. The molecule has 134 valence electrons. The van der Waals surface area contributed by atoms with Crippen LogP contribution in [0.4, 0.5) is 5.69 Å². The molecule has 1 fully saturated rings. The SMILES string of the molecule is Cc1noc2nc(C3CC3)cc(C(=O)Nc3ccccc3CN(C)C)c12. The van der Waals surface area contributed by atoms with Gasteiger partial charge in [0.1, 0.15) is 0 Å². The number of para-hydroxylation sites is 1. The van der Waals surface area contributed by atoms with Gasteiger partial charge in [0.2, 0.25) is 0 Å². The average molecular weight is 350 g/mol. The zero-order valence-corrected chi connectivity index (χ0v) is 15.2. The number of aryl methyl sites for hydroxylation is 1. The van der Waals surface area contributed by atoms with Crippen molar-refractivity contribution >= 4 is 22.7 Å². The van der Waals surface area contributed by atoms with Gasteiger partial charge in [-0.05, 0) is 51.6 Å². The highest BCUT2D eigenvalue weighted by molar-refractivity contribution is 6.12. The Balaban J connectivity index is 1.72. The molecule has 1 aromatic carbocycles. The van der Waals surface area contributed by atoms with E-state index in [4.69, 9.17) is 4.52 Å². The second kappa shape index (κ2) is 6.53. The molecule has 3 aromatic rings. The van der Waals surface area contributed by atoms with Crippen LogP contribution in [-0.4, -0.2) is 35.0 Å². The van der Waals surface area contributed by atoms with Gasteiger partial charge >= 0.3 is 0 Å². The summed E-state index contributed by atoms with van der Waals surface area (Å²) < 4.78 is 5.34. The predicted octanol–water partition coefficient (Wildman–Crippen LogP) is 3.72. The van der Waals surface area contributed by atoms with E-state index in [9.17, 15) is 4.79 Å². The standard InChI is InChI=1S/C20H22N4O2/c1-12-18-15(10-17(13-8-9-13)22-20(18)26-23-12)19(25)21-16-7-5-4-6-14(16)11-24(2)3/h4-7,10,13H,8-9,11H2,1-3H3,(H,21,25). The predicted molar refractivity (Wildman–Crippen MR) is 100 cm³/mol. The molecule has 0 spiro atoms. The van der Waals surface area contributed by atoms with Crippen LogP contribution >= 0.6 is 0 Å². The number of anilines is 1. The molecule has 4 rings (SSSR count). The zero-order valence-electron chi connectivity index (χ0n) is 15.2. The van der Waals surface area contributed by atoms with Gasteiger partial charge in [-0.2, -0.15) is 0 Å². The molecule has 2 heterocycles. The maximum Gasteiger partial charge on any atom is 0.259 e. The summed E-state index contributed by atoms with van der Waals surface area (Å²) in [4.78, 5) is 19.7. The summed E-state index contributed by atoms with van der Waals surface area (Å²) in [6.45, 7) is 2.59. The third kappa shape index (κ3) is 3.20. The smallest absolute Gasteiger partial charge is 0.259 e. The van der Waals surface area contributed by atoms with Crippen molar-refractivity contribution in [2.75, 3.05) is 19.4 Å².